The first-order valence-electron chi connectivity index (χ1n) is 7.77. The van der Waals surface area contributed by atoms with E-state index in [4.69, 9.17) is 4.74 Å². The summed E-state index contributed by atoms with van der Waals surface area (Å²) < 4.78 is 20.2. The third-order valence-electron chi connectivity index (χ3n) is 3.69. The Morgan fingerprint density at radius 2 is 1.92 bits per heavy atom. The van der Waals surface area contributed by atoms with Gasteiger partial charge in [-0.15, -0.1) is 5.10 Å². The van der Waals surface area contributed by atoms with Gasteiger partial charge in [0, 0.05) is 25.3 Å². The highest BCUT2D eigenvalue weighted by atomic mass is 127. The van der Waals surface area contributed by atoms with E-state index >= 15 is 0 Å². The number of nitrogens with zero attached hydrogens (tertiary/aromatic N) is 4. The van der Waals surface area contributed by atoms with Crippen LogP contribution in [0.1, 0.15) is 0 Å². The van der Waals surface area contributed by atoms with Crippen LogP contribution in [0.3, 0.4) is 0 Å². The van der Waals surface area contributed by atoms with Crippen LogP contribution >= 0.6 is 22.6 Å². The summed E-state index contributed by atoms with van der Waals surface area (Å²) in [5, 5.41) is 8.46. The van der Waals surface area contributed by atoms with Crippen LogP contribution in [0.5, 0.6) is 5.75 Å². The lowest BCUT2D eigenvalue weighted by Crippen LogP contribution is -2.07. The van der Waals surface area contributed by atoms with Crippen LogP contribution in [0.25, 0.3) is 16.9 Å². The highest BCUT2D eigenvalue weighted by molar-refractivity contribution is 14.1. The van der Waals surface area contributed by atoms with Crippen LogP contribution in [0, 0.1) is 3.57 Å². The van der Waals surface area contributed by atoms with Crippen LogP contribution in [0.4, 0.5) is 10.1 Å². The van der Waals surface area contributed by atoms with Gasteiger partial charge in [0.1, 0.15) is 24.7 Å². The van der Waals surface area contributed by atoms with E-state index in [0.717, 1.165) is 26.2 Å². The Balaban J connectivity index is 1.82. The molecule has 0 aliphatic heterocycles. The Morgan fingerprint density at radius 1 is 1.16 bits per heavy atom. The summed E-state index contributed by atoms with van der Waals surface area (Å²) in [6, 6.07) is 13.8. The zero-order chi connectivity index (χ0) is 17.8. The van der Waals surface area contributed by atoms with Gasteiger partial charge in [0.25, 0.3) is 0 Å². The molecular weight excluding hydrogens is 434 g/mol. The number of aromatic nitrogens is 3. The summed E-state index contributed by atoms with van der Waals surface area (Å²) in [6.07, 6.45) is 1.89. The lowest BCUT2D eigenvalue weighted by Gasteiger charge is -2.11. The summed E-state index contributed by atoms with van der Waals surface area (Å²) in [6.45, 7) is -0.442. The number of alkyl halides is 1. The maximum atomic E-state index is 12.2. The van der Waals surface area contributed by atoms with Gasteiger partial charge in [0.15, 0.2) is 0 Å². The minimum Gasteiger partial charge on any atom is -0.490 e. The van der Waals surface area contributed by atoms with E-state index in [9.17, 15) is 4.39 Å². The van der Waals surface area contributed by atoms with Crippen molar-refractivity contribution >= 4 is 28.3 Å². The lowest BCUT2D eigenvalue weighted by atomic mass is 10.1. The van der Waals surface area contributed by atoms with Crippen LogP contribution in [-0.4, -0.2) is 42.4 Å². The van der Waals surface area contributed by atoms with Crippen molar-refractivity contribution in [3.05, 3.63) is 52.2 Å². The summed E-state index contributed by atoms with van der Waals surface area (Å²) >= 11 is 2.17. The molecule has 1 aromatic heterocycles. The van der Waals surface area contributed by atoms with Crippen molar-refractivity contribution in [3.63, 3.8) is 0 Å². The fourth-order valence-corrected chi connectivity index (χ4v) is 3.01. The zero-order valence-electron chi connectivity index (χ0n) is 14.0. The molecule has 5 nitrogen and oxygen atoms in total. The van der Waals surface area contributed by atoms with Gasteiger partial charge < -0.3 is 9.64 Å². The molecule has 0 aliphatic carbocycles. The first kappa shape index (κ1) is 17.7. The predicted octanol–water partition coefficient (Wildman–Crippen LogP) is 3.95. The molecule has 0 saturated carbocycles. The largest absolute Gasteiger partial charge is 0.490 e. The maximum Gasteiger partial charge on any atom is 0.132 e. The molecule has 0 spiro atoms. The molecule has 0 N–H and O–H groups in total. The predicted molar refractivity (Wildman–Crippen MR) is 105 cm³/mol. The normalized spacial score (nSPS) is 10.7. The molecule has 0 unspecified atom stereocenters. The standard InChI is InChI=1S/C18H18FIN4O/c1-23(2)14-5-3-13(4-6-14)17-12-24(22-21-17)15-7-8-18(16(20)11-15)25-10-9-19/h3-8,11-12H,9-10H2,1-2H3. The SMILES string of the molecule is CN(C)c1ccc(-c2cn(-c3ccc(OCCF)c(I)c3)nn2)cc1. The fraction of sp³-hybridized carbons (Fsp3) is 0.222. The van der Waals surface area contributed by atoms with Gasteiger partial charge in [0.05, 0.1) is 15.5 Å². The topological polar surface area (TPSA) is 43.2 Å². The first-order chi connectivity index (χ1) is 12.1. The number of ether oxygens (including phenoxy) is 1. The number of anilines is 1. The van der Waals surface area contributed by atoms with Crippen LogP contribution < -0.4 is 9.64 Å². The Kier molecular flexibility index (Phi) is 5.52. The Morgan fingerprint density at radius 3 is 2.56 bits per heavy atom. The van der Waals surface area contributed by atoms with Gasteiger partial charge in [-0.2, -0.15) is 0 Å². The smallest absolute Gasteiger partial charge is 0.132 e. The van der Waals surface area contributed by atoms with Crippen molar-refractivity contribution in [3.8, 4) is 22.7 Å². The molecule has 7 heteroatoms. The van der Waals surface area contributed by atoms with E-state index in [0.29, 0.717) is 5.75 Å². The van der Waals surface area contributed by atoms with Crippen molar-refractivity contribution in [1.82, 2.24) is 15.0 Å². The number of hydrogen-bond acceptors (Lipinski definition) is 4. The molecule has 1 heterocycles. The second kappa shape index (κ2) is 7.81. The number of benzene rings is 2. The Bertz CT molecular complexity index is 849. The monoisotopic (exact) mass is 452 g/mol. The minimum absolute atomic E-state index is 0.0613. The molecule has 3 aromatic rings. The fourth-order valence-electron chi connectivity index (χ4n) is 2.35. The first-order valence-corrected chi connectivity index (χ1v) is 8.85. The molecule has 2 aromatic carbocycles. The van der Waals surface area contributed by atoms with Crippen LogP contribution in [-0.2, 0) is 0 Å². The number of halogens is 2. The highest BCUT2D eigenvalue weighted by Gasteiger charge is 2.08. The second-order valence-corrected chi connectivity index (χ2v) is 6.80. The van der Waals surface area contributed by atoms with Crippen molar-refractivity contribution in [2.75, 3.05) is 32.3 Å². The van der Waals surface area contributed by atoms with Crippen molar-refractivity contribution in [2.45, 2.75) is 0 Å². The summed E-state index contributed by atoms with van der Waals surface area (Å²) in [4.78, 5) is 2.05. The summed E-state index contributed by atoms with van der Waals surface area (Å²) in [5.74, 6) is 0.668. The Labute approximate surface area is 159 Å². The van der Waals surface area contributed by atoms with Crippen molar-refractivity contribution in [1.29, 1.82) is 0 Å². The summed E-state index contributed by atoms with van der Waals surface area (Å²) in [7, 11) is 4.02. The third kappa shape index (κ3) is 4.09. The molecule has 130 valence electrons. The van der Waals surface area contributed by atoms with Gasteiger partial charge in [-0.1, -0.05) is 17.3 Å². The third-order valence-corrected chi connectivity index (χ3v) is 4.53. The number of hydrogen-bond donors (Lipinski definition) is 0. The molecule has 3 rings (SSSR count). The molecule has 0 radical (unpaired) electrons. The molecule has 0 aliphatic rings. The number of rotatable bonds is 6. The molecule has 0 fully saturated rings. The van der Waals surface area contributed by atoms with E-state index in [1.165, 1.54) is 0 Å². The van der Waals surface area contributed by atoms with E-state index < -0.39 is 6.67 Å². The second-order valence-electron chi connectivity index (χ2n) is 5.64. The molecule has 0 amide bonds. The lowest BCUT2D eigenvalue weighted by molar-refractivity contribution is 0.271. The highest BCUT2D eigenvalue weighted by Crippen LogP contribution is 2.25. The van der Waals surface area contributed by atoms with Gasteiger partial charge >= 0.3 is 0 Å². The maximum absolute atomic E-state index is 12.2. The minimum atomic E-state index is -0.503. The molecule has 25 heavy (non-hydrogen) atoms. The summed E-state index contributed by atoms with van der Waals surface area (Å²) in [5.41, 5.74) is 3.82. The molecule has 0 saturated heterocycles. The Hall–Kier alpha value is -2.16. The van der Waals surface area contributed by atoms with E-state index in [1.807, 2.05) is 62.8 Å². The van der Waals surface area contributed by atoms with Gasteiger partial charge in [-0.05, 0) is 52.9 Å². The van der Waals surface area contributed by atoms with Crippen LogP contribution in [0.15, 0.2) is 48.7 Å². The molecule has 0 bridgehead atoms. The quantitative estimate of drug-likeness (QED) is 0.532. The van der Waals surface area contributed by atoms with Gasteiger partial charge in [-0.3, -0.25) is 0 Å². The van der Waals surface area contributed by atoms with Gasteiger partial charge in [0.2, 0.25) is 0 Å². The zero-order valence-corrected chi connectivity index (χ0v) is 16.1. The average molecular weight is 452 g/mol. The van der Waals surface area contributed by atoms with Crippen molar-refractivity contribution < 1.29 is 9.13 Å². The average Bonchev–Trinajstić information content (AvgIpc) is 3.11. The molecule has 0 atom stereocenters. The van der Waals surface area contributed by atoms with E-state index in [2.05, 4.69) is 37.8 Å². The van der Waals surface area contributed by atoms with Gasteiger partial charge in [-0.25, -0.2) is 9.07 Å². The molecular formula is C18H18FIN4O. The van der Waals surface area contributed by atoms with E-state index in [1.54, 1.807) is 4.68 Å². The van der Waals surface area contributed by atoms with E-state index in [-0.39, 0.29) is 6.61 Å². The van der Waals surface area contributed by atoms with Crippen molar-refractivity contribution in [2.24, 2.45) is 0 Å². The van der Waals surface area contributed by atoms with Crippen LogP contribution in [0.2, 0.25) is 0 Å².